The van der Waals surface area contributed by atoms with Crippen molar-refractivity contribution in [1.29, 1.82) is 0 Å². The number of nitrogens with one attached hydrogen (secondary N) is 1. The van der Waals surface area contributed by atoms with Crippen LogP contribution in [0.1, 0.15) is 37.6 Å². The van der Waals surface area contributed by atoms with Crippen molar-refractivity contribution in [3.8, 4) is 0 Å². The van der Waals surface area contributed by atoms with Crippen LogP contribution in [0.5, 0.6) is 0 Å². The monoisotopic (exact) mass is 211 g/mol. The predicted octanol–water partition coefficient (Wildman–Crippen LogP) is 1.02. The Morgan fingerprint density at radius 2 is 2.27 bits per heavy atom. The van der Waals surface area contributed by atoms with Crippen molar-refractivity contribution in [2.45, 2.75) is 32.7 Å². The van der Waals surface area contributed by atoms with Gasteiger partial charge in [0, 0.05) is 31.5 Å². The summed E-state index contributed by atoms with van der Waals surface area (Å²) in [5.41, 5.74) is 2.34. The molecule has 0 bridgehead atoms. The Morgan fingerprint density at radius 1 is 1.53 bits per heavy atom. The molecule has 0 radical (unpaired) electrons. The van der Waals surface area contributed by atoms with Crippen molar-refractivity contribution in [3.05, 3.63) is 17.5 Å². The van der Waals surface area contributed by atoms with E-state index in [1.165, 1.54) is 5.56 Å². The normalized spacial score (nSPS) is 13.1. The summed E-state index contributed by atoms with van der Waals surface area (Å²) in [4.78, 5) is 0. The molecule has 0 fully saturated rings. The van der Waals surface area contributed by atoms with Crippen molar-refractivity contribution in [2.75, 3.05) is 13.2 Å². The fourth-order valence-electron chi connectivity index (χ4n) is 1.86. The first-order valence-corrected chi connectivity index (χ1v) is 5.59. The molecule has 4 nitrogen and oxygen atoms in total. The number of hydrogen-bond donors (Lipinski definition) is 2. The molecule has 1 unspecified atom stereocenters. The van der Waals surface area contributed by atoms with Gasteiger partial charge in [0.2, 0.25) is 0 Å². The van der Waals surface area contributed by atoms with E-state index in [9.17, 15) is 0 Å². The Kier molecular flexibility index (Phi) is 4.78. The van der Waals surface area contributed by atoms with Gasteiger partial charge in [-0.2, -0.15) is 5.10 Å². The highest BCUT2D eigenvalue weighted by atomic mass is 16.3. The number of aryl methyl sites for hydroxylation is 2. The number of rotatable bonds is 6. The van der Waals surface area contributed by atoms with Crippen molar-refractivity contribution in [3.63, 3.8) is 0 Å². The van der Waals surface area contributed by atoms with Gasteiger partial charge in [0.25, 0.3) is 0 Å². The van der Waals surface area contributed by atoms with E-state index >= 15 is 0 Å². The van der Waals surface area contributed by atoms with E-state index in [2.05, 4.69) is 24.3 Å². The second kappa shape index (κ2) is 5.88. The lowest BCUT2D eigenvalue weighted by Gasteiger charge is -2.16. The van der Waals surface area contributed by atoms with Gasteiger partial charge in [0.15, 0.2) is 0 Å². The van der Waals surface area contributed by atoms with Gasteiger partial charge in [0.05, 0.1) is 5.69 Å². The van der Waals surface area contributed by atoms with Gasteiger partial charge in [0.1, 0.15) is 0 Å². The summed E-state index contributed by atoms with van der Waals surface area (Å²) >= 11 is 0. The van der Waals surface area contributed by atoms with E-state index < -0.39 is 0 Å². The zero-order valence-electron chi connectivity index (χ0n) is 9.82. The minimum atomic E-state index is 0.204. The molecular formula is C11H21N3O. The first kappa shape index (κ1) is 12.2. The fraction of sp³-hybridized carbons (Fsp3) is 0.727. The largest absolute Gasteiger partial charge is 0.396 e. The summed E-state index contributed by atoms with van der Waals surface area (Å²) in [6.07, 6.45) is 3.72. The summed E-state index contributed by atoms with van der Waals surface area (Å²) < 4.78 is 1.84. The Hall–Kier alpha value is -0.870. The summed E-state index contributed by atoms with van der Waals surface area (Å²) in [7, 11) is 1.94. The topological polar surface area (TPSA) is 50.1 Å². The molecule has 0 spiro atoms. The highest BCUT2D eigenvalue weighted by molar-refractivity contribution is 5.21. The van der Waals surface area contributed by atoms with Gasteiger partial charge in [-0.1, -0.05) is 13.8 Å². The van der Waals surface area contributed by atoms with E-state index in [1.807, 2.05) is 17.9 Å². The second-order valence-electron chi connectivity index (χ2n) is 3.68. The van der Waals surface area contributed by atoms with Gasteiger partial charge in [-0.25, -0.2) is 0 Å². The molecular weight excluding hydrogens is 190 g/mol. The van der Waals surface area contributed by atoms with Gasteiger partial charge >= 0.3 is 0 Å². The number of aliphatic hydroxyl groups is 1. The molecule has 1 rings (SSSR count). The summed E-state index contributed by atoms with van der Waals surface area (Å²) in [6.45, 7) is 5.29. The lowest BCUT2D eigenvalue weighted by molar-refractivity contribution is 0.266. The summed E-state index contributed by atoms with van der Waals surface area (Å²) in [6, 6.07) is 0.226. The lowest BCUT2D eigenvalue weighted by Crippen LogP contribution is -2.22. The predicted molar refractivity (Wildman–Crippen MR) is 60.7 cm³/mol. The maximum Gasteiger partial charge on any atom is 0.0669 e. The molecule has 0 saturated carbocycles. The van der Waals surface area contributed by atoms with Crippen LogP contribution in [0.4, 0.5) is 0 Å². The molecule has 1 atom stereocenters. The Morgan fingerprint density at radius 3 is 2.80 bits per heavy atom. The SMILES string of the molecule is CCNC(CCO)c1cn(C)nc1CC. The Balaban J connectivity index is 2.87. The molecule has 0 aliphatic heterocycles. The quantitative estimate of drug-likeness (QED) is 0.738. The fourth-order valence-corrected chi connectivity index (χ4v) is 1.86. The number of nitrogens with zero attached hydrogens (tertiary/aromatic N) is 2. The third-order valence-corrected chi connectivity index (χ3v) is 2.52. The lowest BCUT2D eigenvalue weighted by atomic mass is 10.0. The van der Waals surface area contributed by atoms with Gasteiger partial charge in [-0.3, -0.25) is 4.68 Å². The minimum Gasteiger partial charge on any atom is -0.396 e. The number of aromatic nitrogens is 2. The summed E-state index contributed by atoms with van der Waals surface area (Å²) in [5.74, 6) is 0. The minimum absolute atomic E-state index is 0.204. The maximum absolute atomic E-state index is 9.03. The third kappa shape index (κ3) is 3.04. The average molecular weight is 211 g/mol. The van der Waals surface area contributed by atoms with Crippen molar-refractivity contribution in [2.24, 2.45) is 7.05 Å². The molecule has 1 aromatic rings. The first-order chi connectivity index (χ1) is 7.22. The Bertz CT molecular complexity index is 290. The van der Waals surface area contributed by atoms with E-state index in [0.717, 1.165) is 25.1 Å². The Labute approximate surface area is 91.3 Å². The number of aliphatic hydroxyl groups excluding tert-OH is 1. The molecule has 0 aliphatic rings. The van der Waals surface area contributed by atoms with Crippen molar-refractivity contribution in [1.82, 2.24) is 15.1 Å². The van der Waals surface area contributed by atoms with Gasteiger partial charge < -0.3 is 10.4 Å². The van der Waals surface area contributed by atoms with E-state index in [0.29, 0.717) is 0 Å². The van der Waals surface area contributed by atoms with Crippen LogP contribution >= 0.6 is 0 Å². The van der Waals surface area contributed by atoms with Gasteiger partial charge in [-0.15, -0.1) is 0 Å². The average Bonchev–Trinajstić information content (AvgIpc) is 2.59. The van der Waals surface area contributed by atoms with Crippen LogP contribution in [0.3, 0.4) is 0 Å². The van der Waals surface area contributed by atoms with Crippen molar-refractivity contribution < 1.29 is 5.11 Å². The molecule has 4 heteroatoms. The van der Waals surface area contributed by atoms with Crippen LogP contribution in [0.15, 0.2) is 6.20 Å². The molecule has 1 aromatic heterocycles. The van der Waals surface area contributed by atoms with Crippen LogP contribution in [-0.4, -0.2) is 28.0 Å². The van der Waals surface area contributed by atoms with E-state index in [1.54, 1.807) is 0 Å². The number of hydrogen-bond acceptors (Lipinski definition) is 3. The van der Waals surface area contributed by atoms with Crippen molar-refractivity contribution >= 4 is 0 Å². The molecule has 0 saturated heterocycles. The standard InChI is InChI=1S/C11H21N3O/c1-4-10-9(8-14(3)13-10)11(6-7-15)12-5-2/h8,11-12,15H,4-7H2,1-3H3. The summed E-state index contributed by atoms with van der Waals surface area (Å²) in [5, 5.41) is 16.8. The van der Waals surface area contributed by atoms with Gasteiger partial charge in [-0.05, 0) is 19.4 Å². The highest BCUT2D eigenvalue weighted by Gasteiger charge is 2.15. The molecule has 1 heterocycles. The molecule has 15 heavy (non-hydrogen) atoms. The molecule has 0 aliphatic carbocycles. The molecule has 0 aromatic carbocycles. The zero-order chi connectivity index (χ0) is 11.3. The molecule has 86 valence electrons. The van der Waals surface area contributed by atoms with E-state index in [-0.39, 0.29) is 12.6 Å². The maximum atomic E-state index is 9.03. The third-order valence-electron chi connectivity index (χ3n) is 2.52. The first-order valence-electron chi connectivity index (χ1n) is 5.59. The second-order valence-corrected chi connectivity index (χ2v) is 3.68. The highest BCUT2D eigenvalue weighted by Crippen LogP contribution is 2.20. The van der Waals surface area contributed by atoms with Crippen LogP contribution in [0.25, 0.3) is 0 Å². The van der Waals surface area contributed by atoms with E-state index in [4.69, 9.17) is 5.11 Å². The van der Waals surface area contributed by atoms with Crippen LogP contribution < -0.4 is 5.32 Å². The zero-order valence-corrected chi connectivity index (χ0v) is 9.82. The molecule has 0 amide bonds. The smallest absolute Gasteiger partial charge is 0.0669 e. The van der Waals surface area contributed by atoms with Crippen LogP contribution in [0.2, 0.25) is 0 Å². The van der Waals surface area contributed by atoms with Crippen LogP contribution in [-0.2, 0) is 13.5 Å². The molecule has 2 N–H and O–H groups in total. The van der Waals surface area contributed by atoms with Crippen LogP contribution in [0, 0.1) is 0 Å².